The smallest absolute Gasteiger partial charge is 0.194 e. The highest BCUT2D eigenvalue weighted by Crippen LogP contribution is 2.48. The summed E-state index contributed by atoms with van der Waals surface area (Å²) in [7, 11) is 0. The van der Waals surface area contributed by atoms with Crippen LogP contribution in [0.2, 0.25) is 0 Å². The number of hydrogen-bond acceptors (Lipinski definition) is 0. The first-order valence-electron chi connectivity index (χ1n) is 32.4. The van der Waals surface area contributed by atoms with Gasteiger partial charge in [0, 0.05) is 5.56 Å². The zero-order valence-electron chi connectivity index (χ0n) is 50.0. The summed E-state index contributed by atoms with van der Waals surface area (Å²) in [5, 5.41) is 0. The maximum atomic E-state index is 14.7. The van der Waals surface area contributed by atoms with E-state index in [1.54, 1.807) is 6.07 Å². The molecule has 85 heavy (non-hydrogen) atoms. The predicted octanol–water partition coefficient (Wildman–Crippen LogP) is 23.8. The van der Waals surface area contributed by atoms with Crippen LogP contribution in [0.5, 0.6) is 0 Å². The van der Waals surface area contributed by atoms with E-state index >= 15 is 0 Å². The van der Waals surface area contributed by atoms with Gasteiger partial charge in [-0.1, -0.05) is 120 Å². The van der Waals surface area contributed by atoms with Crippen molar-refractivity contribution in [3.63, 3.8) is 0 Å². The summed E-state index contributed by atoms with van der Waals surface area (Å²) in [6, 6.07) is 26.7. The van der Waals surface area contributed by atoms with E-state index in [1.165, 1.54) is 158 Å². The van der Waals surface area contributed by atoms with E-state index in [2.05, 4.69) is 45.0 Å². The van der Waals surface area contributed by atoms with Gasteiger partial charge in [-0.3, -0.25) is 0 Å². The first kappa shape index (κ1) is 62.7. The van der Waals surface area contributed by atoms with Crippen molar-refractivity contribution >= 4 is 0 Å². The van der Waals surface area contributed by atoms with Crippen LogP contribution in [-0.2, 0) is 0 Å². The molecule has 12 rings (SSSR count). The second kappa shape index (κ2) is 28.6. The molecule has 0 nitrogen and oxygen atoms in total. The molecule has 0 amide bonds. The minimum Gasteiger partial charge on any atom is -0.206 e. The van der Waals surface area contributed by atoms with Crippen molar-refractivity contribution < 1.29 is 43.9 Å². The zero-order chi connectivity index (χ0) is 59.9. The van der Waals surface area contributed by atoms with Gasteiger partial charge in [0.15, 0.2) is 52.4 Å². The van der Waals surface area contributed by atoms with Crippen LogP contribution < -0.4 is 0 Å². The molecule has 0 spiro atoms. The number of benzene rings is 6. The van der Waals surface area contributed by atoms with Gasteiger partial charge in [-0.25, -0.2) is 43.9 Å². The van der Waals surface area contributed by atoms with Crippen LogP contribution in [0, 0.1) is 111 Å². The number of halogens is 10. The minimum atomic E-state index is -1.53. The molecule has 6 fully saturated rings. The van der Waals surface area contributed by atoms with E-state index in [-0.39, 0.29) is 11.1 Å². The van der Waals surface area contributed by atoms with Gasteiger partial charge in [0.1, 0.15) is 5.82 Å². The Balaban J connectivity index is 0.000000142. The Kier molecular flexibility index (Phi) is 21.1. The molecular weight excluding hydrogens is 1090 g/mol. The lowest BCUT2D eigenvalue weighted by molar-refractivity contribution is 0.165. The summed E-state index contributed by atoms with van der Waals surface area (Å²) in [5.41, 5.74) is 5.85. The summed E-state index contributed by atoms with van der Waals surface area (Å²) in [5.74, 6) is -2.57. The quantitative estimate of drug-likeness (QED) is 0.1000. The fraction of sp³-hybridized carbons (Fsp3) is 0.520. The average Bonchev–Trinajstić information content (AvgIpc) is 3.72. The molecule has 6 aliphatic carbocycles. The number of hydrogen-bond donors (Lipinski definition) is 0. The lowest BCUT2D eigenvalue weighted by atomic mass is 9.68. The highest BCUT2D eigenvalue weighted by Gasteiger charge is 2.34. The molecule has 0 bridgehead atoms. The largest absolute Gasteiger partial charge is 0.206 e. The third kappa shape index (κ3) is 15.7. The summed E-state index contributed by atoms with van der Waals surface area (Å²) in [4.78, 5) is 0. The molecule has 0 heterocycles. The van der Waals surface area contributed by atoms with Crippen LogP contribution >= 0.6 is 0 Å². The molecule has 10 heteroatoms. The molecule has 6 aliphatic rings. The van der Waals surface area contributed by atoms with Crippen LogP contribution in [-0.4, -0.2) is 0 Å². The molecule has 0 aromatic heterocycles. The van der Waals surface area contributed by atoms with Gasteiger partial charge in [0.2, 0.25) is 0 Å². The standard InChI is InChI=1S/C25H28F4.2C25H29F3/c1-15-2-4-16(5-3-15)17-6-8-18(9-7-17)19-10-11-21(22(26)12-19)20-13-23(27)25(29)24(28)14-20;2*1-16-2-4-17(5-3-16)18-6-8-19(9-7-18)20-10-12-21(13-11-20)22-14-23(26)25(28)24(27)15-22/h10-18H,2-9H2,1H3;2*10-19H,2-9H2,1H3. The van der Waals surface area contributed by atoms with E-state index in [0.29, 0.717) is 40.0 Å². The molecule has 6 aromatic carbocycles. The maximum Gasteiger partial charge on any atom is 0.194 e. The van der Waals surface area contributed by atoms with Crippen LogP contribution in [0.4, 0.5) is 43.9 Å². The Hall–Kier alpha value is -5.38. The van der Waals surface area contributed by atoms with Crippen molar-refractivity contribution in [2.45, 2.75) is 193 Å². The van der Waals surface area contributed by atoms with Crippen molar-refractivity contribution in [2.24, 2.45) is 53.3 Å². The molecule has 6 aromatic rings. The fourth-order valence-corrected chi connectivity index (χ4v) is 16.1. The molecule has 0 atom stereocenters. The van der Waals surface area contributed by atoms with E-state index in [1.807, 2.05) is 30.3 Å². The monoisotopic (exact) mass is 1180 g/mol. The molecule has 0 saturated heterocycles. The summed E-state index contributed by atoms with van der Waals surface area (Å²) >= 11 is 0. The minimum absolute atomic E-state index is 0.0145. The fourth-order valence-electron chi connectivity index (χ4n) is 16.1. The Morgan fingerprint density at radius 2 is 0.459 bits per heavy atom. The van der Waals surface area contributed by atoms with Crippen LogP contribution in [0.15, 0.2) is 103 Å². The second-order valence-corrected chi connectivity index (χ2v) is 27.1. The summed E-state index contributed by atoms with van der Waals surface area (Å²) in [6.45, 7) is 7.11. The van der Waals surface area contributed by atoms with Crippen LogP contribution in [0.3, 0.4) is 0 Å². The molecule has 0 aliphatic heterocycles. The van der Waals surface area contributed by atoms with Gasteiger partial charge < -0.3 is 0 Å². The molecule has 0 N–H and O–H groups in total. The first-order chi connectivity index (χ1) is 40.9. The SMILES string of the molecule is CC1CCC(C2CCC(c3ccc(-c4cc(F)c(F)c(F)c4)c(F)c3)CC2)CC1.CC1CCC(C2CCC(c3ccc(-c4cc(F)c(F)c(F)c4)cc3)CC2)CC1.CC1CCC(C2CCC(c3ccc(-c4cc(F)c(F)c(F)c4)cc3)CC2)CC1. The van der Waals surface area contributed by atoms with Crippen molar-refractivity contribution in [1.82, 2.24) is 0 Å². The second-order valence-electron chi connectivity index (χ2n) is 27.1. The van der Waals surface area contributed by atoms with E-state index < -0.39 is 58.2 Å². The molecule has 0 unspecified atom stereocenters. The molecular formula is C75H86F10. The van der Waals surface area contributed by atoms with E-state index in [4.69, 9.17) is 0 Å². The highest BCUT2D eigenvalue weighted by molar-refractivity contribution is 5.66. The Morgan fingerprint density at radius 3 is 0.729 bits per heavy atom. The third-order valence-electron chi connectivity index (χ3n) is 21.7. The Bertz CT molecular complexity index is 2910. The van der Waals surface area contributed by atoms with E-state index in [0.717, 1.165) is 108 Å². The normalized spacial score (nSPS) is 28.1. The maximum absolute atomic E-state index is 14.7. The van der Waals surface area contributed by atoms with Gasteiger partial charge in [0.25, 0.3) is 0 Å². The summed E-state index contributed by atoms with van der Waals surface area (Å²) in [6.07, 6.45) is 31.4. The zero-order valence-corrected chi connectivity index (χ0v) is 50.0. The molecule has 6 saturated carbocycles. The Morgan fingerprint density at radius 1 is 0.224 bits per heavy atom. The van der Waals surface area contributed by atoms with Crippen molar-refractivity contribution in [3.8, 4) is 33.4 Å². The lowest BCUT2D eigenvalue weighted by Gasteiger charge is -2.37. The number of rotatable bonds is 9. The van der Waals surface area contributed by atoms with Gasteiger partial charge in [-0.2, -0.15) is 0 Å². The van der Waals surface area contributed by atoms with E-state index in [9.17, 15) is 43.9 Å². The summed E-state index contributed by atoms with van der Waals surface area (Å²) < 4.78 is 135. The van der Waals surface area contributed by atoms with Gasteiger partial charge >= 0.3 is 0 Å². The predicted molar refractivity (Wildman–Crippen MR) is 323 cm³/mol. The van der Waals surface area contributed by atoms with Crippen molar-refractivity contribution in [1.29, 1.82) is 0 Å². The van der Waals surface area contributed by atoms with Gasteiger partial charge in [0.05, 0.1) is 0 Å². The molecule has 0 radical (unpaired) electrons. The van der Waals surface area contributed by atoms with Crippen LogP contribution in [0.1, 0.15) is 209 Å². The van der Waals surface area contributed by atoms with Gasteiger partial charge in [-0.05, 0) is 274 Å². The Labute approximate surface area is 499 Å². The third-order valence-corrected chi connectivity index (χ3v) is 21.7. The molecule has 456 valence electrons. The first-order valence-corrected chi connectivity index (χ1v) is 32.4. The van der Waals surface area contributed by atoms with Crippen molar-refractivity contribution in [3.05, 3.63) is 178 Å². The average molecular weight is 1180 g/mol. The highest BCUT2D eigenvalue weighted by atomic mass is 19.2. The van der Waals surface area contributed by atoms with Crippen molar-refractivity contribution in [2.75, 3.05) is 0 Å². The van der Waals surface area contributed by atoms with Crippen LogP contribution in [0.25, 0.3) is 33.4 Å². The topological polar surface area (TPSA) is 0 Å². The lowest BCUT2D eigenvalue weighted by Crippen LogP contribution is -2.24. The van der Waals surface area contributed by atoms with Gasteiger partial charge in [-0.15, -0.1) is 0 Å².